The van der Waals surface area contributed by atoms with Gasteiger partial charge in [0.2, 0.25) is 0 Å². The van der Waals surface area contributed by atoms with E-state index in [9.17, 15) is 0 Å². The monoisotopic (exact) mass is 406 g/mol. The van der Waals surface area contributed by atoms with Gasteiger partial charge in [0.1, 0.15) is 0 Å². The average molecular weight is 406 g/mol. The maximum Gasteiger partial charge on any atom is 0.0628 e. The van der Waals surface area contributed by atoms with E-state index in [1.807, 2.05) is 0 Å². The molecule has 4 aromatic carbocycles. The summed E-state index contributed by atoms with van der Waals surface area (Å²) in [5, 5.41) is 12.4. The number of rotatable bonds is 0. The lowest BCUT2D eigenvalue weighted by molar-refractivity contribution is 1.08. The molecular weight excluding hydrogens is 388 g/mol. The highest BCUT2D eigenvalue weighted by atomic mass is 14.9. The van der Waals surface area contributed by atoms with Gasteiger partial charge in [-0.1, -0.05) is 66.7 Å². The molecule has 0 amide bonds. The van der Waals surface area contributed by atoms with Crippen molar-refractivity contribution < 1.29 is 0 Å². The summed E-state index contributed by atoms with van der Waals surface area (Å²) in [6, 6.07) is 27.1. The Morgan fingerprint density at radius 1 is 0.500 bits per heavy atom. The van der Waals surface area contributed by atoms with Crippen LogP contribution in [0.25, 0.3) is 77.4 Å². The Balaban J connectivity index is 1.75. The van der Waals surface area contributed by atoms with Crippen LogP contribution in [-0.4, -0.2) is 8.80 Å². The number of fused-ring (bicyclic) bond motifs is 13. The normalized spacial score (nSPS) is 14.5. The largest absolute Gasteiger partial charge is 0.308 e. The van der Waals surface area contributed by atoms with Crippen molar-refractivity contribution in [1.82, 2.24) is 8.80 Å². The van der Waals surface area contributed by atoms with Crippen LogP contribution in [0.15, 0.2) is 72.8 Å². The minimum absolute atomic E-state index is 1.12. The second-order valence-corrected chi connectivity index (χ2v) is 9.23. The average Bonchev–Trinajstić information content (AvgIpc) is 3.56. The summed E-state index contributed by atoms with van der Waals surface area (Å²) in [5.74, 6) is 0. The van der Waals surface area contributed by atoms with Gasteiger partial charge in [0.25, 0.3) is 0 Å². The molecule has 0 fully saturated rings. The summed E-state index contributed by atoms with van der Waals surface area (Å²) in [5.41, 5.74) is 6.69. The molecule has 32 heavy (non-hydrogen) atoms. The van der Waals surface area contributed by atoms with Gasteiger partial charge in [-0.05, 0) is 31.0 Å². The van der Waals surface area contributed by atoms with E-state index in [1.54, 1.807) is 0 Å². The molecule has 0 N–H and O–H groups in total. The van der Waals surface area contributed by atoms with Crippen LogP contribution < -0.4 is 10.6 Å². The molecule has 0 aliphatic heterocycles. The number of aromatic nitrogens is 2. The van der Waals surface area contributed by atoms with Crippen molar-refractivity contribution in [2.45, 2.75) is 12.8 Å². The highest BCUT2D eigenvalue weighted by Crippen LogP contribution is 2.44. The smallest absolute Gasteiger partial charge is 0.0628 e. The first kappa shape index (κ1) is 15.7. The molecule has 4 heterocycles. The van der Waals surface area contributed by atoms with E-state index in [2.05, 4.69) is 93.7 Å². The summed E-state index contributed by atoms with van der Waals surface area (Å²) in [4.78, 5) is 0. The fraction of sp³-hybridized carbons (Fsp3) is 0.0667. The highest BCUT2D eigenvalue weighted by Gasteiger charge is 2.24. The van der Waals surface area contributed by atoms with E-state index in [4.69, 9.17) is 0 Å². The first-order valence-electron chi connectivity index (χ1n) is 11.5. The molecule has 1 aliphatic rings. The maximum absolute atomic E-state index is 2.52. The van der Waals surface area contributed by atoms with Gasteiger partial charge >= 0.3 is 0 Å². The van der Waals surface area contributed by atoms with Gasteiger partial charge in [0, 0.05) is 48.3 Å². The standard InChI is InChI=1S/C30H18N2/c1-4-13-23-17(8-1)19-11-7-12-21-27-26(32(23)29(19)21)16-22-18-9-2-5-14-24(18)31-25-15-6-3-10-20(25)28(27)30(22)31/h1,3-4,6-16H,2,5H2. The Kier molecular flexibility index (Phi) is 2.48. The van der Waals surface area contributed by atoms with Crippen LogP contribution in [0.2, 0.25) is 0 Å². The summed E-state index contributed by atoms with van der Waals surface area (Å²) in [6.45, 7) is 0. The third kappa shape index (κ3) is 1.53. The minimum Gasteiger partial charge on any atom is -0.308 e. The molecule has 0 spiro atoms. The van der Waals surface area contributed by atoms with Crippen LogP contribution in [-0.2, 0) is 0 Å². The Morgan fingerprint density at radius 3 is 2.12 bits per heavy atom. The highest BCUT2D eigenvalue weighted by molar-refractivity contribution is 6.35. The summed E-state index contributed by atoms with van der Waals surface area (Å²) in [7, 11) is 0. The molecule has 0 radical (unpaired) electrons. The van der Waals surface area contributed by atoms with Crippen LogP contribution in [0.4, 0.5) is 0 Å². The zero-order chi connectivity index (χ0) is 20.6. The van der Waals surface area contributed by atoms with E-state index in [0.29, 0.717) is 0 Å². The molecular formula is C30H18N2. The summed E-state index contributed by atoms with van der Waals surface area (Å²) < 4.78 is 5.04. The minimum atomic E-state index is 1.12. The Hall–Kier alpha value is -4.04. The molecule has 148 valence electrons. The number of benzene rings is 4. The van der Waals surface area contributed by atoms with E-state index in [-0.39, 0.29) is 0 Å². The lowest BCUT2D eigenvalue weighted by atomic mass is 10.0. The Bertz CT molecular complexity index is 2190. The van der Waals surface area contributed by atoms with Crippen molar-refractivity contribution in [3.8, 4) is 0 Å². The number of nitrogens with zero attached hydrogens (tertiary/aromatic N) is 2. The zero-order valence-corrected chi connectivity index (χ0v) is 17.4. The molecule has 0 unspecified atom stereocenters. The summed E-state index contributed by atoms with van der Waals surface area (Å²) in [6.07, 6.45) is 7.12. The fourth-order valence-corrected chi connectivity index (χ4v) is 6.65. The molecule has 2 heteroatoms. The third-order valence-electron chi connectivity index (χ3n) is 7.78. The molecule has 1 aliphatic carbocycles. The lowest BCUT2D eigenvalue weighted by Gasteiger charge is -2.02. The SMILES string of the molecule is C1=c2c(n3c4ccccc4c4c5c6cccc7c8ccccc8n(c5cc2c43)c76)=CCC1. The van der Waals surface area contributed by atoms with Crippen LogP contribution in [0.5, 0.6) is 0 Å². The van der Waals surface area contributed by atoms with Gasteiger partial charge < -0.3 is 8.80 Å². The predicted molar refractivity (Wildman–Crippen MR) is 136 cm³/mol. The Morgan fingerprint density at radius 2 is 1.22 bits per heavy atom. The van der Waals surface area contributed by atoms with E-state index in [0.717, 1.165) is 12.8 Å². The van der Waals surface area contributed by atoms with Gasteiger partial charge in [0.15, 0.2) is 0 Å². The van der Waals surface area contributed by atoms with Crippen LogP contribution >= 0.6 is 0 Å². The maximum atomic E-state index is 2.52. The van der Waals surface area contributed by atoms with Crippen molar-refractivity contribution in [3.05, 3.63) is 83.4 Å². The van der Waals surface area contributed by atoms with Crippen molar-refractivity contribution in [3.63, 3.8) is 0 Å². The molecule has 0 saturated carbocycles. The second-order valence-electron chi connectivity index (χ2n) is 9.23. The number of hydrogen-bond donors (Lipinski definition) is 0. The molecule has 0 saturated heterocycles. The first-order valence-corrected chi connectivity index (χ1v) is 11.5. The summed E-state index contributed by atoms with van der Waals surface area (Å²) >= 11 is 0. The van der Waals surface area contributed by atoms with Gasteiger partial charge in [-0.2, -0.15) is 0 Å². The number of hydrogen-bond acceptors (Lipinski definition) is 0. The van der Waals surface area contributed by atoms with Crippen molar-refractivity contribution >= 4 is 77.4 Å². The van der Waals surface area contributed by atoms with Crippen molar-refractivity contribution in [2.75, 3.05) is 0 Å². The second kappa shape index (κ2) is 5.05. The fourth-order valence-electron chi connectivity index (χ4n) is 6.65. The quantitative estimate of drug-likeness (QED) is 0.284. The molecule has 0 bridgehead atoms. The van der Waals surface area contributed by atoms with Gasteiger partial charge in [-0.25, -0.2) is 0 Å². The molecule has 2 nitrogen and oxygen atoms in total. The zero-order valence-electron chi connectivity index (χ0n) is 17.4. The van der Waals surface area contributed by atoms with E-state index < -0.39 is 0 Å². The molecule has 0 atom stereocenters. The van der Waals surface area contributed by atoms with Crippen molar-refractivity contribution in [2.24, 2.45) is 0 Å². The van der Waals surface area contributed by atoms with Crippen LogP contribution in [0.3, 0.4) is 0 Å². The van der Waals surface area contributed by atoms with E-state index >= 15 is 0 Å². The molecule has 4 aromatic heterocycles. The van der Waals surface area contributed by atoms with Crippen molar-refractivity contribution in [1.29, 1.82) is 0 Å². The predicted octanol–water partition coefficient (Wildman–Crippen LogP) is 6.19. The molecule has 9 rings (SSSR count). The first-order chi connectivity index (χ1) is 15.9. The Labute approximate surface area is 182 Å². The topological polar surface area (TPSA) is 8.82 Å². The number of para-hydroxylation sites is 3. The third-order valence-corrected chi connectivity index (χ3v) is 7.78. The van der Waals surface area contributed by atoms with Gasteiger partial charge in [-0.15, -0.1) is 0 Å². The van der Waals surface area contributed by atoms with Gasteiger partial charge in [-0.3, -0.25) is 0 Å². The van der Waals surface area contributed by atoms with Crippen LogP contribution in [0, 0.1) is 0 Å². The van der Waals surface area contributed by atoms with Crippen LogP contribution in [0.1, 0.15) is 12.8 Å². The van der Waals surface area contributed by atoms with E-state index in [1.165, 1.54) is 75.9 Å². The van der Waals surface area contributed by atoms with Gasteiger partial charge in [0.05, 0.1) is 27.6 Å². The lowest BCUT2D eigenvalue weighted by Crippen LogP contribution is -2.27. The molecule has 8 aromatic rings.